The Kier molecular flexibility index (Phi) is 6.74. The maximum atomic E-state index is 13.8. The molecule has 0 aliphatic heterocycles. The SMILES string of the molecule is COCCCN(C(=O)c1cc(C)n(C2CC2)c1C)c1c(N)n(Cc2ccccc2)c(=O)[nH]c1=O. The highest BCUT2D eigenvalue weighted by molar-refractivity contribution is 6.08. The largest absolute Gasteiger partial charge is 0.385 e. The number of nitrogens with two attached hydrogens (primary N) is 1. The number of H-pyrrole nitrogens is 1. The molecule has 34 heavy (non-hydrogen) atoms. The molecule has 0 saturated heterocycles. The topological polar surface area (TPSA) is 115 Å². The average Bonchev–Trinajstić information content (AvgIpc) is 3.60. The van der Waals surface area contributed by atoms with E-state index in [1.165, 1.54) is 9.47 Å². The lowest BCUT2D eigenvalue weighted by Crippen LogP contribution is -2.42. The quantitative estimate of drug-likeness (QED) is 0.472. The molecule has 2 heterocycles. The second-order valence-electron chi connectivity index (χ2n) is 8.75. The molecule has 0 spiro atoms. The van der Waals surface area contributed by atoms with Gasteiger partial charge in [-0.2, -0.15) is 0 Å². The van der Waals surface area contributed by atoms with Crippen molar-refractivity contribution in [1.82, 2.24) is 14.1 Å². The average molecular weight is 466 g/mol. The molecule has 180 valence electrons. The van der Waals surface area contributed by atoms with Gasteiger partial charge in [0.2, 0.25) is 0 Å². The Morgan fingerprint density at radius 3 is 2.56 bits per heavy atom. The number of nitrogens with zero attached hydrogens (tertiary/aromatic N) is 3. The summed E-state index contributed by atoms with van der Waals surface area (Å²) in [5.74, 6) is -0.363. The van der Waals surface area contributed by atoms with Crippen LogP contribution >= 0.6 is 0 Å². The van der Waals surface area contributed by atoms with Gasteiger partial charge in [-0.05, 0) is 44.7 Å². The second kappa shape index (κ2) is 9.72. The molecule has 0 unspecified atom stereocenters. The van der Waals surface area contributed by atoms with Gasteiger partial charge in [-0.3, -0.25) is 19.1 Å². The maximum Gasteiger partial charge on any atom is 0.330 e. The Balaban J connectivity index is 1.79. The number of rotatable bonds is 9. The normalized spacial score (nSPS) is 13.3. The highest BCUT2D eigenvalue weighted by Gasteiger charge is 2.31. The fourth-order valence-electron chi connectivity index (χ4n) is 4.48. The lowest BCUT2D eigenvalue weighted by Gasteiger charge is -2.25. The summed E-state index contributed by atoms with van der Waals surface area (Å²) in [6.45, 7) is 4.71. The van der Waals surface area contributed by atoms with Gasteiger partial charge in [0.1, 0.15) is 5.82 Å². The van der Waals surface area contributed by atoms with Crippen LogP contribution in [0.4, 0.5) is 11.5 Å². The van der Waals surface area contributed by atoms with Crippen LogP contribution in [0.5, 0.6) is 0 Å². The third-order valence-corrected chi connectivity index (χ3v) is 6.27. The van der Waals surface area contributed by atoms with Gasteiger partial charge in [-0.25, -0.2) is 4.79 Å². The van der Waals surface area contributed by atoms with Crippen molar-refractivity contribution >= 4 is 17.4 Å². The van der Waals surface area contributed by atoms with Crippen molar-refractivity contribution in [2.45, 2.75) is 45.7 Å². The fourth-order valence-corrected chi connectivity index (χ4v) is 4.48. The first-order valence-electron chi connectivity index (χ1n) is 11.5. The van der Waals surface area contributed by atoms with E-state index < -0.39 is 11.2 Å². The van der Waals surface area contributed by atoms with E-state index in [-0.39, 0.29) is 30.5 Å². The summed E-state index contributed by atoms with van der Waals surface area (Å²) < 4.78 is 8.64. The smallest absolute Gasteiger partial charge is 0.330 e. The van der Waals surface area contributed by atoms with E-state index in [2.05, 4.69) is 9.55 Å². The number of hydrogen-bond donors (Lipinski definition) is 2. The molecule has 0 radical (unpaired) electrons. The van der Waals surface area contributed by atoms with Gasteiger partial charge in [-0.15, -0.1) is 0 Å². The number of aryl methyl sites for hydroxylation is 1. The van der Waals surface area contributed by atoms with Gasteiger partial charge in [-0.1, -0.05) is 30.3 Å². The summed E-state index contributed by atoms with van der Waals surface area (Å²) in [6.07, 6.45) is 2.69. The standard InChI is InChI=1S/C25H31N5O4/c1-16-14-20(17(2)30(16)19-10-11-19)24(32)28(12-7-13-34-3)21-22(26)29(25(33)27-23(21)31)15-18-8-5-4-6-9-18/h4-6,8-9,14,19H,7,10-13,15,26H2,1-3H3,(H,27,31,33). The molecule has 2 aromatic heterocycles. The van der Waals surface area contributed by atoms with Crippen molar-refractivity contribution in [1.29, 1.82) is 0 Å². The molecule has 1 aliphatic carbocycles. The summed E-state index contributed by atoms with van der Waals surface area (Å²) in [5.41, 5.74) is 8.33. The van der Waals surface area contributed by atoms with Crippen LogP contribution in [0.25, 0.3) is 0 Å². The summed E-state index contributed by atoms with van der Waals surface area (Å²) in [5, 5.41) is 0. The number of hydrogen-bond acceptors (Lipinski definition) is 5. The van der Waals surface area contributed by atoms with E-state index in [4.69, 9.17) is 10.5 Å². The molecule has 9 nitrogen and oxygen atoms in total. The number of nitrogens with one attached hydrogen (secondary N) is 1. The molecule has 3 aromatic rings. The van der Waals surface area contributed by atoms with E-state index in [0.29, 0.717) is 24.6 Å². The van der Waals surface area contributed by atoms with Crippen LogP contribution < -0.4 is 21.9 Å². The third-order valence-electron chi connectivity index (χ3n) is 6.27. The number of methoxy groups -OCH3 is 1. The lowest BCUT2D eigenvalue weighted by molar-refractivity contribution is 0.0982. The van der Waals surface area contributed by atoms with Crippen molar-refractivity contribution in [3.05, 3.63) is 79.8 Å². The molecular formula is C25H31N5O4. The van der Waals surface area contributed by atoms with Crippen LogP contribution in [0.15, 0.2) is 46.0 Å². The van der Waals surface area contributed by atoms with Gasteiger partial charge in [0.05, 0.1) is 12.1 Å². The number of nitrogen functional groups attached to an aromatic ring is 1. The fraction of sp³-hybridized carbons (Fsp3) is 0.400. The summed E-state index contributed by atoms with van der Waals surface area (Å²) in [7, 11) is 1.58. The third kappa shape index (κ3) is 4.56. The van der Waals surface area contributed by atoms with E-state index in [9.17, 15) is 14.4 Å². The van der Waals surface area contributed by atoms with Crippen molar-refractivity contribution < 1.29 is 9.53 Å². The first kappa shape index (κ1) is 23.6. The first-order chi connectivity index (χ1) is 16.3. The maximum absolute atomic E-state index is 13.8. The van der Waals surface area contributed by atoms with Crippen molar-refractivity contribution in [2.75, 3.05) is 30.9 Å². The molecule has 1 aromatic carbocycles. The Morgan fingerprint density at radius 1 is 1.21 bits per heavy atom. The minimum atomic E-state index is -0.687. The van der Waals surface area contributed by atoms with E-state index in [1.807, 2.05) is 50.2 Å². The highest BCUT2D eigenvalue weighted by Crippen LogP contribution is 2.38. The Hall–Kier alpha value is -3.59. The monoisotopic (exact) mass is 465 g/mol. The Morgan fingerprint density at radius 2 is 1.91 bits per heavy atom. The van der Waals surface area contributed by atoms with Crippen LogP contribution in [-0.4, -0.2) is 40.3 Å². The van der Waals surface area contributed by atoms with Crippen LogP contribution in [-0.2, 0) is 11.3 Å². The first-order valence-corrected chi connectivity index (χ1v) is 11.5. The number of amides is 1. The zero-order chi connectivity index (χ0) is 24.4. The number of anilines is 2. The zero-order valence-electron chi connectivity index (χ0n) is 19.8. The number of ether oxygens (including phenoxy) is 1. The van der Waals surface area contributed by atoms with Gasteiger partial charge >= 0.3 is 5.69 Å². The molecule has 1 fully saturated rings. The van der Waals surface area contributed by atoms with Gasteiger partial charge in [0.15, 0.2) is 5.69 Å². The summed E-state index contributed by atoms with van der Waals surface area (Å²) in [4.78, 5) is 43.1. The van der Waals surface area contributed by atoms with Gasteiger partial charge in [0.25, 0.3) is 11.5 Å². The van der Waals surface area contributed by atoms with Gasteiger partial charge in [0, 0.05) is 37.7 Å². The van der Waals surface area contributed by atoms with Crippen molar-refractivity contribution in [2.24, 2.45) is 0 Å². The summed E-state index contributed by atoms with van der Waals surface area (Å²) in [6, 6.07) is 11.6. The van der Waals surface area contributed by atoms with Crippen molar-refractivity contribution in [3.63, 3.8) is 0 Å². The Bertz CT molecular complexity index is 1300. The van der Waals surface area contributed by atoms with Crippen LogP contribution in [0.1, 0.15) is 52.6 Å². The summed E-state index contributed by atoms with van der Waals surface area (Å²) >= 11 is 0. The minimum Gasteiger partial charge on any atom is -0.385 e. The number of benzene rings is 1. The molecule has 1 amide bonds. The van der Waals surface area contributed by atoms with E-state index in [1.54, 1.807) is 7.11 Å². The van der Waals surface area contributed by atoms with E-state index >= 15 is 0 Å². The molecule has 0 bridgehead atoms. The molecule has 0 atom stereocenters. The lowest BCUT2D eigenvalue weighted by atomic mass is 10.2. The molecule has 3 N–H and O–H groups in total. The predicted octanol–water partition coefficient (Wildman–Crippen LogP) is 2.60. The molecule has 9 heteroatoms. The predicted molar refractivity (Wildman–Crippen MR) is 132 cm³/mol. The molecule has 1 aliphatic rings. The van der Waals surface area contributed by atoms with Gasteiger partial charge < -0.3 is 19.9 Å². The molecule has 4 rings (SSSR count). The van der Waals surface area contributed by atoms with E-state index in [0.717, 1.165) is 29.8 Å². The van der Waals surface area contributed by atoms with Crippen molar-refractivity contribution in [3.8, 4) is 0 Å². The van der Waals surface area contributed by atoms with Crippen LogP contribution in [0, 0.1) is 13.8 Å². The number of carbonyl (C=O) groups is 1. The molecule has 1 saturated carbocycles. The molecular weight excluding hydrogens is 434 g/mol. The highest BCUT2D eigenvalue weighted by atomic mass is 16.5. The second-order valence-corrected chi connectivity index (χ2v) is 8.75. The number of aromatic nitrogens is 3. The zero-order valence-corrected chi connectivity index (χ0v) is 19.8. The van der Waals surface area contributed by atoms with Crippen LogP contribution in [0.2, 0.25) is 0 Å². The van der Waals surface area contributed by atoms with Crippen LogP contribution in [0.3, 0.4) is 0 Å². The number of aromatic amines is 1. The number of carbonyl (C=O) groups excluding carboxylic acids is 1. The minimum absolute atomic E-state index is 0.0205. The Labute approximate surface area is 197 Å².